The van der Waals surface area contributed by atoms with E-state index in [2.05, 4.69) is 31.3 Å². The van der Waals surface area contributed by atoms with E-state index in [4.69, 9.17) is 0 Å². The first-order chi connectivity index (χ1) is 12.2. The fraction of sp³-hybridized carbons (Fsp3) is 0.263. The Morgan fingerprint density at radius 1 is 1.23 bits per heavy atom. The zero-order valence-electron chi connectivity index (χ0n) is 14.9. The number of nitrogens with one attached hydrogen (secondary N) is 1. The molecule has 26 heavy (non-hydrogen) atoms. The van der Waals surface area contributed by atoms with E-state index in [1.165, 1.54) is 30.0 Å². The Hall–Kier alpha value is -3.22. The number of nitro groups is 1. The van der Waals surface area contributed by atoms with Crippen LogP contribution in [0.2, 0.25) is 0 Å². The lowest BCUT2D eigenvalue weighted by atomic mass is 9.86. The Bertz CT molecular complexity index is 837. The number of non-ortho nitro benzene ring substituents is 1. The maximum Gasteiger partial charge on any atom is 0.270 e. The van der Waals surface area contributed by atoms with Crippen molar-refractivity contribution < 1.29 is 14.8 Å². The Labute approximate surface area is 151 Å². The van der Waals surface area contributed by atoms with E-state index < -0.39 is 4.92 Å². The molecule has 0 heterocycles. The smallest absolute Gasteiger partial charge is 0.270 e. The van der Waals surface area contributed by atoms with Crippen LogP contribution in [0.3, 0.4) is 0 Å². The lowest BCUT2D eigenvalue weighted by molar-refractivity contribution is -0.384. The number of aromatic hydroxyl groups is 1. The van der Waals surface area contributed by atoms with Gasteiger partial charge in [-0.15, -0.1) is 0 Å². The summed E-state index contributed by atoms with van der Waals surface area (Å²) in [7, 11) is 0. The summed E-state index contributed by atoms with van der Waals surface area (Å²) in [6, 6.07) is 11.4. The standard InChI is InChI=1S/C19H21N3O4/c1-19(2,3)15-6-4-13(5-7-15)10-18(24)21-20-12-14-11-16(22(25)26)8-9-17(14)23/h4-9,11-12,23H,10H2,1-3H3,(H,21,24)/b20-12-. The van der Waals surface area contributed by atoms with Crippen LogP contribution < -0.4 is 5.43 Å². The monoisotopic (exact) mass is 355 g/mol. The number of phenols is 1. The number of benzene rings is 2. The van der Waals surface area contributed by atoms with Crippen molar-refractivity contribution >= 4 is 17.8 Å². The van der Waals surface area contributed by atoms with Gasteiger partial charge in [-0.25, -0.2) is 5.43 Å². The van der Waals surface area contributed by atoms with Crippen molar-refractivity contribution in [3.8, 4) is 5.75 Å². The van der Waals surface area contributed by atoms with E-state index in [-0.39, 0.29) is 34.7 Å². The molecule has 2 rings (SSSR count). The van der Waals surface area contributed by atoms with Crippen LogP contribution in [0.15, 0.2) is 47.6 Å². The Morgan fingerprint density at radius 2 is 1.88 bits per heavy atom. The SMILES string of the molecule is CC(C)(C)c1ccc(CC(=O)N/N=C\c2cc([N+](=O)[O-])ccc2O)cc1. The lowest BCUT2D eigenvalue weighted by Gasteiger charge is -2.19. The summed E-state index contributed by atoms with van der Waals surface area (Å²) in [6.45, 7) is 6.35. The molecule has 0 saturated carbocycles. The number of hydrogen-bond donors (Lipinski definition) is 2. The molecule has 0 aliphatic carbocycles. The molecule has 0 aliphatic heterocycles. The highest BCUT2D eigenvalue weighted by molar-refractivity contribution is 5.86. The minimum Gasteiger partial charge on any atom is -0.507 e. The van der Waals surface area contributed by atoms with Crippen LogP contribution in [0.5, 0.6) is 5.75 Å². The molecule has 2 aromatic rings. The fourth-order valence-corrected chi connectivity index (χ4v) is 2.28. The second kappa shape index (κ2) is 7.77. The highest BCUT2D eigenvalue weighted by Crippen LogP contribution is 2.22. The first kappa shape index (κ1) is 19.1. The number of hydrazone groups is 1. The third-order valence-corrected chi connectivity index (χ3v) is 3.80. The van der Waals surface area contributed by atoms with Gasteiger partial charge in [0.15, 0.2) is 0 Å². The molecule has 136 valence electrons. The van der Waals surface area contributed by atoms with Gasteiger partial charge in [0.1, 0.15) is 5.75 Å². The minimum absolute atomic E-state index is 0.0470. The van der Waals surface area contributed by atoms with Gasteiger partial charge in [0, 0.05) is 17.7 Å². The van der Waals surface area contributed by atoms with Gasteiger partial charge in [0.25, 0.3) is 5.69 Å². The summed E-state index contributed by atoms with van der Waals surface area (Å²) >= 11 is 0. The second-order valence-corrected chi connectivity index (χ2v) is 6.92. The average Bonchev–Trinajstić information content (AvgIpc) is 2.56. The summed E-state index contributed by atoms with van der Waals surface area (Å²) < 4.78 is 0. The van der Waals surface area contributed by atoms with E-state index in [1.54, 1.807) is 0 Å². The van der Waals surface area contributed by atoms with Gasteiger partial charge in [-0.05, 0) is 22.6 Å². The van der Waals surface area contributed by atoms with Crippen LogP contribution in [-0.2, 0) is 16.6 Å². The molecule has 0 bridgehead atoms. The number of nitro benzene ring substituents is 1. The summed E-state index contributed by atoms with van der Waals surface area (Å²) in [5.41, 5.74) is 4.40. The molecule has 0 atom stereocenters. The number of hydrogen-bond acceptors (Lipinski definition) is 5. The van der Waals surface area contributed by atoms with Crippen molar-refractivity contribution in [2.24, 2.45) is 5.10 Å². The Morgan fingerprint density at radius 3 is 2.46 bits per heavy atom. The van der Waals surface area contributed by atoms with Crippen LogP contribution in [-0.4, -0.2) is 22.2 Å². The lowest BCUT2D eigenvalue weighted by Crippen LogP contribution is -2.20. The van der Waals surface area contributed by atoms with E-state index in [0.717, 1.165) is 5.56 Å². The van der Waals surface area contributed by atoms with Crippen molar-refractivity contribution in [3.05, 3.63) is 69.3 Å². The molecule has 1 amide bonds. The number of carbonyl (C=O) groups is 1. The largest absolute Gasteiger partial charge is 0.507 e. The molecule has 0 radical (unpaired) electrons. The number of phenolic OH excluding ortho intramolecular Hbond substituents is 1. The number of nitrogens with zero attached hydrogens (tertiary/aromatic N) is 2. The van der Waals surface area contributed by atoms with Crippen LogP contribution in [0.1, 0.15) is 37.5 Å². The molecular formula is C19H21N3O4. The Kier molecular flexibility index (Phi) is 5.71. The fourth-order valence-electron chi connectivity index (χ4n) is 2.28. The average molecular weight is 355 g/mol. The maximum absolute atomic E-state index is 11.9. The number of rotatable bonds is 5. The highest BCUT2D eigenvalue weighted by Gasteiger charge is 2.13. The summed E-state index contributed by atoms with van der Waals surface area (Å²) in [6.07, 6.45) is 1.33. The predicted octanol–water partition coefficient (Wildman–Crippen LogP) is 3.29. The van der Waals surface area contributed by atoms with Crippen molar-refractivity contribution in [1.29, 1.82) is 0 Å². The molecule has 0 saturated heterocycles. The van der Waals surface area contributed by atoms with E-state index in [0.29, 0.717) is 0 Å². The van der Waals surface area contributed by atoms with Gasteiger partial charge in [0.05, 0.1) is 17.6 Å². The van der Waals surface area contributed by atoms with Crippen LogP contribution in [0.4, 0.5) is 5.69 Å². The first-order valence-electron chi connectivity index (χ1n) is 8.05. The molecule has 0 unspecified atom stereocenters. The Balaban J connectivity index is 1.97. The highest BCUT2D eigenvalue weighted by atomic mass is 16.6. The van der Waals surface area contributed by atoms with E-state index >= 15 is 0 Å². The molecule has 0 aromatic heterocycles. The van der Waals surface area contributed by atoms with E-state index in [9.17, 15) is 20.0 Å². The molecule has 2 N–H and O–H groups in total. The number of carbonyl (C=O) groups excluding carboxylic acids is 1. The molecule has 0 aliphatic rings. The molecule has 2 aromatic carbocycles. The van der Waals surface area contributed by atoms with Gasteiger partial charge < -0.3 is 5.11 Å². The molecule has 0 fully saturated rings. The molecule has 0 spiro atoms. The van der Waals surface area contributed by atoms with Gasteiger partial charge in [0.2, 0.25) is 5.91 Å². The molecule has 7 nitrogen and oxygen atoms in total. The quantitative estimate of drug-likeness (QED) is 0.488. The topological polar surface area (TPSA) is 105 Å². The molecule has 7 heteroatoms. The normalized spacial score (nSPS) is 11.5. The zero-order chi connectivity index (χ0) is 19.3. The van der Waals surface area contributed by atoms with Crippen LogP contribution in [0, 0.1) is 10.1 Å². The van der Waals surface area contributed by atoms with Gasteiger partial charge in [-0.3, -0.25) is 14.9 Å². The number of amides is 1. The summed E-state index contributed by atoms with van der Waals surface area (Å²) in [5, 5.41) is 24.2. The molecular weight excluding hydrogens is 334 g/mol. The zero-order valence-corrected chi connectivity index (χ0v) is 14.9. The third-order valence-electron chi connectivity index (χ3n) is 3.80. The maximum atomic E-state index is 11.9. The van der Waals surface area contributed by atoms with Gasteiger partial charge >= 0.3 is 0 Å². The van der Waals surface area contributed by atoms with E-state index in [1.807, 2.05) is 24.3 Å². The predicted molar refractivity (Wildman–Crippen MR) is 99.3 cm³/mol. The van der Waals surface area contributed by atoms with Crippen LogP contribution >= 0.6 is 0 Å². The van der Waals surface area contributed by atoms with Crippen molar-refractivity contribution in [1.82, 2.24) is 5.43 Å². The summed E-state index contributed by atoms with van der Waals surface area (Å²) in [5.74, 6) is -0.485. The van der Waals surface area contributed by atoms with Crippen molar-refractivity contribution in [2.45, 2.75) is 32.6 Å². The first-order valence-corrected chi connectivity index (χ1v) is 8.05. The van der Waals surface area contributed by atoms with Crippen molar-refractivity contribution in [2.75, 3.05) is 0 Å². The van der Waals surface area contributed by atoms with Crippen LogP contribution in [0.25, 0.3) is 0 Å². The van der Waals surface area contributed by atoms with Crippen molar-refractivity contribution in [3.63, 3.8) is 0 Å². The summed E-state index contributed by atoms with van der Waals surface area (Å²) in [4.78, 5) is 22.1. The van der Waals surface area contributed by atoms with Gasteiger partial charge in [-0.1, -0.05) is 45.0 Å². The van der Waals surface area contributed by atoms with Gasteiger partial charge in [-0.2, -0.15) is 5.10 Å². The third kappa shape index (κ3) is 5.14. The minimum atomic E-state index is -0.573. The second-order valence-electron chi connectivity index (χ2n) is 6.92.